The van der Waals surface area contributed by atoms with Gasteiger partial charge in [-0.2, -0.15) is 18.4 Å². The van der Waals surface area contributed by atoms with Crippen LogP contribution in [0.5, 0.6) is 5.75 Å². The molecule has 0 unspecified atom stereocenters. The van der Waals surface area contributed by atoms with Gasteiger partial charge in [-0.1, -0.05) is 44.2 Å². The summed E-state index contributed by atoms with van der Waals surface area (Å²) in [5.41, 5.74) is -0.652. The second kappa shape index (κ2) is 8.12. The van der Waals surface area contributed by atoms with Gasteiger partial charge in [0.25, 0.3) is 5.91 Å². The fourth-order valence-electron chi connectivity index (χ4n) is 2.42. The maximum absolute atomic E-state index is 12.9. The predicted molar refractivity (Wildman–Crippen MR) is 94.1 cm³/mol. The van der Waals surface area contributed by atoms with Gasteiger partial charge in [0.15, 0.2) is 6.61 Å². The molecule has 1 amide bonds. The van der Waals surface area contributed by atoms with E-state index in [4.69, 9.17) is 10.00 Å². The van der Waals surface area contributed by atoms with Crippen molar-refractivity contribution in [2.75, 3.05) is 13.2 Å². The van der Waals surface area contributed by atoms with Crippen molar-refractivity contribution in [1.29, 1.82) is 5.26 Å². The minimum absolute atomic E-state index is 0.135. The van der Waals surface area contributed by atoms with Gasteiger partial charge < -0.3 is 10.1 Å². The summed E-state index contributed by atoms with van der Waals surface area (Å²) in [7, 11) is 0. The van der Waals surface area contributed by atoms with Crippen LogP contribution in [0.4, 0.5) is 13.2 Å². The van der Waals surface area contributed by atoms with Crippen LogP contribution in [-0.2, 0) is 16.4 Å². The zero-order valence-corrected chi connectivity index (χ0v) is 14.9. The van der Waals surface area contributed by atoms with Crippen molar-refractivity contribution in [1.82, 2.24) is 5.32 Å². The molecule has 0 aliphatic carbocycles. The third-order valence-electron chi connectivity index (χ3n) is 4.07. The number of nitriles is 1. The number of ether oxygens (including phenoxy) is 1. The Bertz CT molecular complexity index is 855. The van der Waals surface area contributed by atoms with Gasteiger partial charge in [-0.25, -0.2) is 0 Å². The lowest BCUT2D eigenvalue weighted by Gasteiger charge is -2.26. The summed E-state index contributed by atoms with van der Waals surface area (Å²) < 4.78 is 44.0. The van der Waals surface area contributed by atoms with Crippen LogP contribution in [0.2, 0.25) is 0 Å². The lowest BCUT2D eigenvalue weighted by Crippen LogP contribution is -2.39. The van der Waals surface area contributed by atoms with Crippen molar-refractivity contribution < 1.29 is 22.7 Å². The molecule has 1 N–H and O–H groups in total. The molecule has 0 aromatic heterocycles. The van der Waals surface area contributed by atoms with Gasteiger partial charge in [-0.15, -0.1) is 0 Å². The van der Waals surface area contributed by atoms with Crippen LogP contribution < -0.4 is 10.1 Å². The average Bonchev–Trinajstić information content (AvgIpc) is 2.64. The van der Waals surface area contributed by atoms with E-state index < -0.39 is 23.1 Å². The Morgan fingerprint density at radius 3 is 2.44 bits per heavy atom. The Morgan fingerprint density at radius 1 is 1.11 bits per heavy atom. The minimum atomic E-state index is -4.42. The number of benzene rings is 2. The van der Waals surface area contributed by atoms with E-state index in [2.05, 4.69) is 5.32 Å². The molecule has 0 spiro atoms. The van der Waals surface area contributed by atoms with Gasteiger partial charge in [-0.05, 0) is 23.8 Å². The standard InChI is InChI=1S/C20H19F3N2O2/c1-19(2,15-7-5-8-16(10-15)20(21,22)23)13-25-18(26)12-27-17-9-4-3-6-14(17)11-24/h3-10H,12-13H2,1-2H3,(H,25,26). The lowest BCUT2D eigenvalue weighted by molar-refractivity contribution is -0.137. The molecule has 7 heteroatoms. The topological polar surface area (TPSA) is 62.1 Å². The molecule has 2 aromatic rings. The van der Waals surface area contributed by atoms with E-state index in [9.17, 15) is 18.0 Å². The Morgan fingerprint density at radius 2 is 1.78 bits per heavy atom. The monoisotopic (exact) mass is 376 g/mol. The van der Waals surface area contributed by atoms with E-state index in [0.717, 1.165) is 12.1 Å². The Kier molecular flexibility index (Phi) is 6.11. The second-order valence-corrected chi connectivity index (χ2v) is 6.64. The molecular weight excluding hydrogens is 357 g/mol. The van der Waals surface area contributed by atoms with E-state index in [0.29, 0.717) is 16.9 Å². The lowest BCUT2D eigenvalue weighted by atomic mass is 9.83. The summed E-state index contributed by atoms with van der Waals surface area (Å²) in [6.07, 6.45) is -4.42. The van der Waals surface area contributed by atoms with Gasteiger partial charge in [0.2, 0.25) is 0 Å². The zero-order chi connectivity index (χ0) is 20.1. The molecule has 0 aliphatic heterocycles. The van der Waals surface area contributed by atoms with Gasteiger partial charge in [0.1, 0.15) is 11.8 Å². The van der Waals surface area contributed by atoms with Crippen LogP contribution in [0.15, 0.2) is 48.5 Å². The molecular formula is C20H19F3N2O2. The van der Waals surface area contributed by atoms with Crippen molar-refractivity contribution in [3.63, 3.8) is 0 Å². The van der Waals surface area contributed by atoms with Crippen molar-refractivity contribution in [3.05, 3.63) is 65.2 Å². The molecule has 0 saturated heterocycles. The average molecular weight is 376 g/mol. The number of hydrogen-bond donors (Lipinski definition) is 1. The van der Waals surface area contributed by atoms with E-state index in [1.807, 2.05) is 6.07 Å². The van der Waals surface area contributed by atoms with Crippen LogP contribution in [0, 0.1) is 11.3 Å². The fourth-order valence-corrected chi connectivity index (χ4v) is 2.42. The largest absolute Gasteiger partial charge is 0.482 e. The van der Waals surface area contributed by atoms with E-state index in [1.165, 1.54) is 6.07 Å². The number of nitrogens with one attached hydrogen (secondary N) is 1. The number of carbonyl (C=O) groups excluding carboxylic acids is 1. The van der Waals surface area contributed by atoms with Crippen molar-refractivity contribution >= 4 is 5.91 Å². The number of alkyl halides is 3. The molecule has 2 rings (SSSR count). The highest BCUT2D eigenvalue weighted by molar-refractivity contribution is 5.77. The molecule has 0 bridgehead atoms. The van der Waals surface area contributed by atoms with E-state index in [1.54, 1.807) is 44.2 Å². The molecule has 0 radical (unpaired) electrons. The first-order chi connectivity index (χ1) is 12.6. The molecule has 27 heavy (non-hydrogen) atoms. The third-order valence-corrected chi connectivity index (χ3v) is 4.07. The number of hydrogen-bond acceptors (Lipinski definition) is 3. The van der Waals surface area contributed by atoms with Gasteiger partial charge in [0, 0.05) is 12.0 Å². The molecule has 4 nitrogen and oxygen atoms in total. The second-order valence-electron chi connectivity index (χ2n) is 6.64. The third kappa shape index (κ3) is 5.48. The number of para-hydroxylation sites is 1. The normalized spacial score (nSPS) is 11.6. The van der Waals surface area contributed by atoms with E-state index >= 15 is 0 Å². The Labute approximate surface area is 155 Å². The van der Waals surface area contributed by atoms with Gasteiger partial charge in [0.05, 0.1) is 11.1 Å². The van der Waals surface area contributed by atoms with Crippen LogP contribution >= 0.6 is 0 Å². The quantitative estimate of drug-likeness (QED) is 0.827. The van der Waals surface area contributed by atoms with Gasteiger partial charge in [-0.3, -0.25) is 4.79 Å². The van der Waals surface area contributed by atoms with Crippen molar-refractivity contribution in [2.45, 2.75) is 25.4 Å². The van der Waals surface area contributed by atoms with Crippen molar-refractivity contribution in [2.24, 2.45) is 0 Å². The summed E-state index contributed by atoms with van der Waals surface area (Å²) >= 11 is 0. The summed E-state index contributed by atoms with van der Waals surface area (Å²) in [5, 5.41) is 11.6. The summed E-state index contributed by atoms with van der Waals surface area (Å²) in [6, 6.07) is 13.5. The highest BCUT2D eigenvalue weighted by atomic mass is 19.4. The summed E-state index contributed by atoms with van der Waals surface area (Å²) in [5.74, 6) is -0.130. The maximum Gasteiger partial charge on any atom is 0.416 e. The van der Waals surface area contributed by atoms with Crippen LogP contribution in [0.25, 0.3) is 0 Å². The van der Waals surface area contributed by atoms with Crippen LogP contribution in [-0.4, -0.2) is 19.1 Å². The first-order valence-electron chi connectivity index (χ1n) is 8.20. The maximum atomic E-state index is 12.9. The number of carbonyl (C=O) groups is 1. The smallest absolute Gasteiger partial charge is 0.416 e. The zero-order valence-electron chi connectivity index (χ0n) is 14.9. The molecule has 0 saturated carbocycles. The Balaban J connectivity index is 1.97. The first kappa shape index (κ1) is 20.3. The van der Waals surface area contributed by atoms with Crippen LogP contribution in [0.3, 0.4) is 0 Å². The highest BCUT2D eigenvalue weighted by Gasteiger charge is 2.32. The Hall–Kier alpha value is -3.01. The number of rotatable bonds is 6. The SMILES string of the molecule is CC(C)(CNC(=O)COc1ccccc1C#N)c1cccc(C(F)(F)F)c1. The molecule has 0 aliphatic rings. The molecule has 0 heterocycles. The van der Waals surface area contributed by atoms with E-state index in [-0.39, 0.29) is 13.2 Å². The highest BCUT2D eigenvalue weighted by Crippen LogP contribution is 2.32. The molecule has 142 valence electrons. The summed E-state index contributed by atoms with van der Waals surface area (Å²) in [6.45, 7) is 3.33. The molecule has 2 aromatic carbocycles. The van der Waals surface area contributed by atoms with Crippen molar-refractivity contribution in [3.8, 4) is 11.8 Å². The van der Waals surface area contributed by atoms with Crippen LogP contribution in [0.1, 0.15) is 30.5 Å². The fraction of sp³-hybridized carbons (Fsp3) is 0.300. The first-order valence-corrected chi connectivity index (χ1v) is 8.20. The minimum Gasteiger partial charge on any atom is -0.482 e. The summed E-state index contributed by atoms with van der Waals surface area (Å²) in [4.78, 5) is 12.0. The number of amides is 1. The number of halogens is 3. The number of nitrogens with zero attached hydrogens (tertiary/aromatic N) is 1. The molecule has 0 fully saturated rings. The molecule has 0 atom stereocenters. The van der Waals surface area contributed by atoms with Gasteiger partial charge >= 0.3 is 6.18 Å². The predicted octanol–water partition coefficient (Wildman–Crippen LogP) is 4.05.